The van der Waals surface area contributed by atoms with Crippen molar-refractivity contribution in [1.29, 1.82) is 0 Å². The first-order chi connectivity index (χ1) is 15.3. The summed E-state index contributed by atoms with van der Waals surface area (Å²) in [6.45, 7) is 2.01. The number of nitrogens with zero attached hydrogens (tertiary/aromatic N) is 3. The number of hydrogen-bond acceptors (Lipinski definition) is 8. The van der Waals surface area contributed by atoms with Gasteiger partial charge in [-0.05, 0) is 25.1 Å². The summed E-state index contributed by atoms with van der Waals surface area (Å²) in [7, 11) is 4.29. The quantitative estimate of drug-likeness (QED) is 0.428. The van der Waals surface area contributed by atoms with E-state index >= 15 is 0 Å². The van der Waals surface area contributed by atoms with Crippen molar-refractivity contribution in [2.45, 2.75) is 12.1 Å². The second kappa shape index (κ2) is 10.1. The molecule has 0 fully saturated rings. The van der Waals surface area contributed by atoms with Crippen molar-refractivity contribution in [3.05, 3.63) is 59.2 Å². The summed E-state index contributed by atoms with van der Waals surface area (Å²) in [5, 5.41) is 11.6. The second-order valence-corrected chi connectivity index (χ2v) is 7.79. The molecule has 0 aliphatic rings. The van der Waals surface area contributed by atoms with Gasteiger partial charge in [-0.15, -0.1) is 10.2 Å². The van der Waals surface area contributed by atoms with Crippen LogP contribution in [0.25, 0.3) is 11.4 Å². The van der Waals surface area contributed by atoms with Crippen molar-refractivity contribution in [2.24, 2.45) is 7.05 Å². The molecule has 10 heteroatoms. The minimum atomic E-state index is -0.636. The Morgan fingerprint density at radius 1 is 0.969 bits per heavy atom. The molecule has 1 N–H and O–H groups in total. The van der Waals surface area contributed by atoms with E-state index in [0.29, 0.717) is 11.0 Å². The van der Waals surface area contributed by atoms with Gasteiger partial charge in [-0.3, -0.25) is 4.79 Å². The zero-order chi connectivity index (χ0) is 23.3. The fraction of sp³-hybridized carbons (Fsp3) is 0.227. The van der Waals surface area contributed by atoms with Gasteiger partial charge in [0, 0.05) is 18.3 Å². The molecule has 1 amide bonds. The second-order valence-electron chi connectivity index (χ2n) is 6.85. The molecule has 9 nitrogen and oxygen atoms in total. The van der Waals surface area contributed by atoms with Gasteiger partial charge < -0.3 is 19.4 Å². The van der Waals surface area contributed by atoms with E-state index in [0.717, 1.165) is 11.1 Å². The molecule has 0 unspecified atom stereocenters. The fourth-order valence-corrected chi connectivity index (χ4v) is 3.60. The molecule has 3 rings (SSSR count). The van der Waals surface area contributed by atoms with Gasteiger partial charge in [-0.1, -0.05) is 41.6 Å². The van der Waals surface area contributed by atoms with Crippen LogP contribution in [0.2, 0.25) is 0 Å². The number of aryl methyl sites for hydroxylation is 1. The van der Waals surface area contributed by atoms with E-state index in [1.165, 1.54) is 44.2 Å². The Kier molecular flexibility index (Phi) is 7.26. The fourth-order valence-electron chi connectivity index (χ4n) is 2.89. The molecular weight excluding hydrogens is 432 g/mol. The van der Waals surface area contributed by atoms with Crippen LogP contribution in [0.15, 0.2) is 47.6 Å². The SMILES string of the molecule is COC(=O)c1cc(NC(=O)CSc2nnc(-c3ccc(C)cc3)n2C)cc(C(=O)OC)c1. The number of ether oxygens (including phenoxy) is 2. The highest BCUT2D eigenvalue weighted by Crippen LogP contribution is 2.23. The first kappa shape index (κ1) is 23.0. The lowest BCUT2D eigenvalue weighted by molar-refractivity contribution is -0.113. The van der Waals surface area contributed by atoms with Crippen LogP contribution < -0.4 is 5.32 Å². The number of anilines is 1. The molecule has 0 saturated heterocycles. The lowest BCUT2D eigenvalue weighted by Gasteiger charge is -2.09. The number of rotatable bonds is 7. The lowest BCUT2D eigenvalue weighted by atomic mass is 10.1. The molecule has 3 aromatic rings. The van der Waals surface area contributed by atoms with Crippen LogP contribution in [0.1, 0.15) is 26.3 Å². The maximum absolute atomic E-state index is 12.5. The molecule has 1 heterocycles. The Labute approximate surface area is 189 Å². The van der Waals surface area contributed by atoms with Gasteiger partial charge in [0.2, 0.25) is 5.91 Å². The Hall–Kier alpha value is -3.66. The third-order valence-electron chi connectivity index (χ3n) is 4.54. The minimum absolute atomic E-state index is 0.0515. The van der Waals surface area contributed by atoms with Gasteiger partial charge in [0.25, 0.3) is 0 Å². The molecule has 2 aromatic carbocycles. The zero-order valence-corrected chi connectivity index (χ0v) is 18.9. The Morgan fingerprint density at radius 3 is 2.12 bits per heavy atom. The first-order valence-electron chi connectivity index (χ1n) is 9.53. The molecule has 32 heavy (non-hydrogen) atoms. The normalized spacial score (nSPS) is 10.5. The molecule has 166 valence electrons. The van der Waals surface area contributed by atoms with E-state index in [4.69, 9.17) is 9.47 Å². The summed E-state index contributed by atoms with van der Waals surface area (Å²) in [5.74, 6) is -0.864. The predicted octanol–water partition coefficient (Wildman–Crippen LogP) is 3.09. The average molecular weight is 455 g/mol. The number of amides is 1. The number of benzene rings is 2. The van der Waals surface area contributed by atoms with Gasteiger partial charge in [0.15, 0.2) is 11.0 Å². The third kappa shape index (κ3) is 5.33. The van der Waals surface area contributed by atoms with Gasteiger partial charge in [-0.2, -0.15) is 0 Å². The Balaban J connectivity index is 1.70. The molecule has 0 spiro atoms. The molecular formula is C22H22N4O5S. The number of nitrogens with one attached hydrogen (secondary N) is 1. The highest BCUT2D eigenvalue weighted by Gasteiger charge is 2.16. The number of carbonyl (C=O) groups is 3. The van der Waals surface area contributed by atoms with Crippen LogP contribution in [-0.4, -0.2) is 52.6 Å². The van der Waals surface area contributed by atoms with Gasteiger partial charge in [0.05, 0.1) is 31.1 Å². The maximum Gasteiger partial charge on any atom is 0.337 e. The number of esters is 2. The monoisotopic (exact) mass is 454 g/mol. The van der Waals surface area contributed by atoms with E-state index in [2.05, 4.69) is 15.5 Å². The van der Waals surface area contributed by atoms with Gasteiger partial charge in [0.1, 0.15) is 0 Å². The molecule has 0 radical (unpaired) electrons. The highest BCUT2D eigenvalue weighted by atomic mass is 32.2. The lowest BCUT2D eigenvalue weighted by Crippen LogP contribution is -2.16. The van der Waals surface area contributed by atoms with Crippen molar-refractivity contribution in [3.63, 3.8) is 0 Å². The topological polar surface area (TPSA) is 112 Å². The summed E-state index contributed by atoms with van der Waals surface area (Å²) >= 11 is 1.22. The summed E-state index contributed by atoms with van der Waals surface area (Å²) in [5.41, 5.74) is 2.59. The van der Waals surface area contributed by atoms with Crippen LogP contribution in [0.4, 0.5) is 5.69 Å². The van der Waals surface area contributed by atoms with E-state index in [1.54, 1.807) is 0 Å². The average Bonchev–Trinajstić information content (AvgIpc) is 3.17. The third-order valence-corrected chi connectivity index (χ3v) is 5.56. The molecule has 0 aliphatic carbocycles. The van der Waals surface area contributed by atoms with Crippen molar-refractivity contribution >= 4 is 35.3 Å². The van der Waals surface area contributed by atoms with Crippen molar-refractivity contribution in [2.75, 3.05) is 25.3 Å². The number of methoxy groups -OCH3 is 2. The number of carbonyl (C=O) groups excluding carboxylic acids is 3. The van der Waals surface area contributed by atoms with Crippen molar-refractivity contribution < 1.29 is 23.9 Å². The van der Waals surface area contributed by atoms with E-state index in [1.807, 2.05) is 42.8 Å². The molecule has 1 aromatic heterocycles. The van der Waals surface area contributed by atoms with Crippen molar-refractivity contribution in [1.82, 2.24) is 14.8 Å². The number of hydrogen-bond donors (Lipinski definition) is 1. The standard InChI is InChI=1S/C22H22N4O5S/c1-13-5-7-14(8-6-13)19-24-25-22(26(19)2)32-12-18(27)23-17-10-15(20(28)30-3)9-16(11-17)21(29)31-4/h5-11H,12H2,1-4H3,(H,23,27). The van der Waals surface area contributed by atoms with E-state index in [-0.39, 0.29) is 28.5 Å². The summed E-state index contributed by atoms with van der Waals surface area (Å²) in [4.78, 5) is 36.3. The summed E-state index contributed by atoms with van der Waals surface area (Å²) in [6, 6.07) is 12.1. The molecule has 0 bridgehead atoms. The van der Waals surface area contributed by atoms with Gasteiger partial charge >= 0.3 is 11.9 Å². The smallest absolute Gasteiger partial charge is 0.337 e. The summed E-state index contributed by atoms with van der Waals surface area (Å²) < 4.78 is 11.2. The first-order valence-corrected chi connectivity index (χ1v) is 10.5. The van der Waals surface area contributed by atoms with Crippen LogP contribution >= 0.6 is 11.8 Å². The predicted molar refractivity (Wildman–Crippen MR) is 120 cm³/mol. The summed E-state index contributed by atoms with van der Waals surface area (Å²) in [6.07, 6.45) is 0. The maximum atomic E-state index is 12.5. The molecule has 0 aliphatic heterocycles. The van der Waals surface area contributed by atoms with E-state index in [9.17, 15) is 14.4 Å². The Bertz CT molecular complexity index is 1120. The minimum Gasteiger partial charge on any atom is -0.465 e. The van der Waals surface area contributed by atoms with E-state index < -0.39 is 11.9 Å². The number of aromatic nitrogens is 3. The van der Waals surface area contributed by atoms with Crippen LogP contribution in [0.5, 0.6) is 0 Å². The number of thioether (sulfide) groups is 1. The van der Waals surface area contributed by atoms with Gasteiger partial charge in [-0.25, -0.2) is 9.59 Å². The highest BCUT2D eigenvalue weighted by molar-refractivity contribution is 7.99. The largest absolute Gasteiger partial charge is 0.465 e. The van der Waals surface area contributed by atoms with Crippen LogP contribution in [0.3, 0.4) is 0 Å². The van der Waals surface area contributed by atoms with Crippen LogP contribution in [0, 0.1) is 6.92 Å². The van der Waals surface area contributed by atoms with Crippen LogP contribution in [-0.2, 0) is 21.3 Å². The molecule has 0 atom stereocenters. The Morgan fingerprint density at radius 2 is 1.56 bits per heavy atom. The molecule has 0 saturated carbocycles. The zero-order valence-electron chi connectivity index (χ0n) is 18.0. The van der Waals surface area contributed by atoms with Crippen molar-refractivity contribution in [3.8, 4) is 11.4 Å².